The van der Waals surface area contributed by atoms with E-state index in [4.69, 9.17) is 5.73 Å². The number of aliphatic carboxylic acids is 1. The number of benzene rings is 2. The van der Waals surface area contributed by atoms with Crippen LogP contribution in [0.4, 0.5) is 18.9 Å². The SMILES string of the molecule is Nc1ccc(C(Cc2ccccc2C(F)(F)F)C(=O)O)cc1. The third-order valence-electron chi connectivity index (χ3n) is 3.38. The van der Waals surface area contributed by atoms with Gasteiger partial charge in [0.1, 0.15) is 0 Å². The highest BCUT2D eigenvalue weighted by atomic mass is 19.4. The lowest BCUT2D eigenvalue weighted by atomic mass is 9.90. The number of hydrogen-bond acceptors (Lipinski definition) is 2. The van der Waals surface area contributed by atoms with Crippen molar-refractivity contribution in [3.63, 3.8) is 0 Å². The topological polar surface area (TPSA) is 63.3 Å². The third kappa shape index (κ3) is 3.58. The molecule has 2 aromatic rings. The summed E-state index contributed by atoms with van der Waals surface area (Å²) < 4.78 is 39.0. The molecule has 0 aromatic heterocycles. The summed E-state index contributed by atoms with van der Waals surface area (Å²) in [6, 6.07) is 11.1. The van der Waals surface area contributed by atoms with Crippen LogP contribution >= 0.6 is 0 Å². The highest BCUT2D eigenvalue weighted by Crippen LogP contribution is 2.34. The van der Waals surface area contributed by atoms with E-state index in [2.05, 4.69) is 0 Å². The van der Waals surface area contributed by atoms with Crippen LogP contribution < -0.4 is 5.73 Å². The molecule has 22 heavy (non-hydrogen) atoms. The molecule has 0 saturated carbocycles. The molecule has 2 rings (SSSR count). The molecule has 1 atom stereocenters. The van der Waals surface area contributed by atoms with Gasteiger partial charge in [0.15, 0.2) is 0 Å². The van der Waals surface area contributed by atoms with Crippen LogP contribution in [0.2, 0.25) is 0 Å². The molecule has 6 heteroatoms. The van der Waals surface area contributed by atoms with Gasteiger partial charge in [0.25, 0.3) is 0 Å². The number of carboxylic acid groups (broad SMARTS) is 1. The van der Waals surface area contributed by atoms with Crippen molar-refractivity contribution in [3.05, 3.63) is 65.2 Å². The van der Waals surface area contributed by atoms with E-state index in [0.717, 1.165) is 6.07 Å². The summed E-state index contributed by atoms with van der Waals surface area (Å²) in [7, 11) is 0. The Balaban J connectivity index is 2.38. The predicted molar refractivity (Wildman–Crippen MR) is 76.4 cm³/mol. The molecule has 0 radical (unpaired) electrons. The fourth-order valence-electron chi connectivity index (χ4n) is 2.27. The van der Waals surface area contributed by atoms with Crippen LogP contribution in [0.1, 0.15) is 22.6 Å². The van der Waals surface area contributed by atoms with Crippen molar-refractivity contribution in [3.8, 4) is 0 Å². The van der Waals surface area contributed by atoms with Crippen LogP contribution in [0.25, 0.3) is 0 Å². The summed E-state index contributed by atoms with van der Waals surface area (Å²) in [5, 5.41) is 9.34. The summed E-state index contributed by atoms with van der Waals surface area (Å²) in [5.41, 5.74) is 5.57. The van der Waals surface area contributed by atoms with E-state index in [0.29, 0.717) is 11.3 Å². The standard InChI is InChI=1S/C16H14F3NO2/c17-16(18,19)14-4-2-1-3-11(14)9-13(15(21)22)10-5-7-12(20)8-6-10/h1-8,13H,9,20H2,(H,21,22). The minimum absolute atomic E-state index is 0.0424. The highest BCUT2D eigenvalue weighted by Gasteiger charge is 2.34. The number of carbonyl (C=O) groups is 1. The lowest BCUT2D eigenvalue weighted by Crippen LogP contribution is -2.17. The van der Waals surface area contributed by atoms with E-state index >= 15 is 0 Å². The molecule has 1 unspecified atom stereocenters. The molecule has 0 heterocycles. The number of rotatable bonds is 4. The number of nitrogens with two attached hydrogens (primary N) is 1. The molecule has 0 aliphatic carbocycles. The first-order valence-electron chi connectivity index (χ1n) is 6.52. The van der Waals surface area contributed by atoms with Gasteiger partial charge >= 0.3 is 12.1 Å². The second kappa shape index (κ2) is 6.09. The number of halogens is 3. The molecule has 2 aromatic carbocycles. The van der Waals surface area contributed by atoms with E-state index in [1.165, 1.54) is 42.5 Å². The van der Waals surface area contributed by atoms with E-state index in [1.54, 1.807) is 0 Å². The van der Waals surface area contributed by atoms with Crippen LogP contribution in [0.3, 0.4) is 0 Å². The fraction of sp³-hybridized carbons (Fsp3) is 0.188. The van der Waals surface area contributed by atoms with E-state index < -0.39 is 23.6 Å². The second-order valence-electron chi connectivity index (χ2n) is 4.92. The first kappa shape index (κ1) is 15.9. The Morgan fingerprint density at radius 2 is 1.68 bits per heavy atom. The van der Waals surface area contributed by atoms with Gasteiger partial charge in [-0.1, -0.05) is 30.3 Å². The van der Waals surface area contributed by atoms with E-state index in [-0.39, 0.29) is 12.0 Å². The van der Waals surface area contributed by atoms with Gasteiger partial charge in [0.05, 0.1) is 11.5 Å². The molecule has 0 fully saturated rings. The Morgan fingerprint density at radius 1 is 1.09 bits per heavy atom. The van der Waals surface area contributed by atoms with Crippen molar-refractivity contribution in [1.29, 1.82) is 0 Å². The Labute approximate surface area is 125 Å². The van der Waals surface area contributed by atoms with Gasteiger partial charge in [-0.05, 0) is 35.7 Å². The molecule has 3 nitrogen and oxygen atoms in total. The van der Waals surface area contributed by atoms with Crippen molar-refractivity contribution in [2.75, 3.05) is 5.73 Å². The van der Waals surface area contributed by atoms with Gasteiger partial charge in [-0.2, -0.15) is 13.2 Å². The zero-order valence-corrected chi connectivity index (χ0v) is 11.5. The summed E-state index contributed by atoms with van der Waals surface area (Å²) >= 11 is 0. The van der Waals surface area contributed by atoms with Gasteiger partial charge in [-0.15, -0.1) is 0 Å². The molecule has 0 amide bonds. The van der Waals surface area contributed by atoms with Gasteiger partial charge in [-0.3, -0.25) is 4.79 Å². The summed E-state index contributed by atoms with van der Waals surface area (Å²) in [4.78, 5) is 11.4. The van der Waals surface area contributed by atoms with Crippen LogP contribution in [-0.4, -0.2) is 11.1 Å². The smallest absolute Gasteiger partial charge is 0.416 e. The van der Waals surface area contributed by atoms with Gasteiger partial charge in [-0.25, -0.2) is 0 Å². The predicted octanol–water partition coefficient (Wildman–Crippen LogP) is 3.70. The Morgan fingerprint density at radius 3 is 2.23 bits per heavy atom. The van der Waals surface area contributed by atoms with Crippen molar-refractivity contribution >= 4 is 11.7 Å². The van der Waals surface area contributed by atoms with Gasteiger partial charge < -0.3 is 10.8 Å². The minimum atomic E-state index is -4.51. The molecule has 0 aliphatic heterocycles. The molecular weight excluding hydrogens is 295 g/mol. The van der Waals surface area contributed by atoms with Gasteiger partial charge in [0.2, 0.25) is 0 Å². The van der Waals surface area contributed by atoms with Crippen molar-refractivity contribution in [1.82, 2.24) is 0 Å². The zero-order valence-electron chi connectivity index (χ0n) is 11.5. The monoisotopic (exact) mass is 309 g/mol. The van der Waals surface area contributed by atoms with Crippen LogP contribution in [0, 0.1) is 0 Å². The zero-order chi connectivity index (χ0) is 16.3. The summed E-state index contributed by atoms with van der Waals surface area (Å²) in [6.07, 6.45) is -4.75. The van der Waals surface area contributed by atoms with Crippen molar-refractivity contribution in [2.45, 2.75) is 18.5 Å². The minimum Gasteiger partial charge on any atom is -0.481 e. The van der Waals surface area contributed by atoms with Crippen LogP contribution in [-0.2, 0) is 17.4 Å². The number of alkyl halides is 3. The Kier molecular flexibility index (Phi) is 4.40. The number of nitrogen functional groups attached to an aromatic ring is 1. The molecular formula is C16H14F3NO2. The maximum absolute atomic E-state index is 13.0. The van der Waals surface area contributed by atoms with E-state index in [9.17, 15) is 23.1 Å². The lowest BCUT2D eigenvalue weighted by molar-refractivity contribution is -0.141. The Hall–Kier alpha value is -2.50. The maximum Gasteiger partial charge on any atom is 0.416 e. The average Bonchev–Trinajstić information content (AvgIpc) is 2.45. The van der Waals surface area contributed by atoms with Crippen LogP contribution in [0.5, 0.6) is 0 Å². The first-order valence-corrected chi connectivity index (χ1v) is 6.52. The van der Waals surface area contributed by atoms with E-state index in [1.807, 2.05) is 0 Å². The molecule has 0 aliphatic rings. The molecule has 116 valence electrons. The van der Waals surface area contributed by atoms with Crippen molar-refractivity contribution < 1.29 is 23.1 Å². The fourth-order valence-corrected chi connectivity index (χ4v) is 2.27. The summed E-state index contributed by atoms with van der Waals surface area (Å²) in [6.45, 7) is 0. The highest BCUT2D eigenvalue weighted by molar-refractivity contribution is 5.76. The maximum atomic E-state index is 13.0. The largest absolute Gasteiger partial charge is 0.481 e. The quantitative estimate of drug-likeness (QED) is 0.847. The molecule has 0 spiro atoms. The number of hydrogen-bond donors (Lipinski definition) is 2. The molecule has 3 N–H and O–H groups in total. The van der Waals surface area contributed by atoms with Crippen molar-refractivity contribution in [2.24, 2.45) is 0 Å². The summed E-state index contributed by atoms with van der Waals surface area (Å²) in [5.74, 6) is -2.24. The molecule has 0 saturated heterocycles. The third-order valence-corrected chi connectivity index (χ3v) is 3.38. The number of carboxylic acids is 1. The first-order chi connectivity index (χ1) is 10.3. The Bertz CT molecular complexity index is 666. The number of anilines is 1. The molecule has 0 bridgehead atoms. The second-order valence-corrected chi connectivity index (χ2v) is 4.92. The van der Waals surface area contributed by atoms with Crippen LogP contribution in [0.15, 0.2) is 48.5 Å². The average molecular weight is 309 g/mol. The normalized spacial score (nSPS) is 12.9. The lowest BCUT2D eigenvalue weighted by Gasteiger charge is -2.17. The van der Waals surface area contributed by atoms with Gasteiger partial charge in [0, 0.05) is 5.69 Å².